The summed E-state index contributed by atoms with van der Waals surface area (Å²) in [6.07, 6.45) is 35.7. The molecule has 0 saturated heterocycles. The quantitative estimate of drug-likeness (QED) is 0.0213. The number of ether oxygens (including phenoxy) is 1. The first kappa shape index (κ1) is 48.4. The number of carbonyl (C=O) groups excluding carboxylic acids is 2. The molecule has 0 aromatic carbocycles. The van der Waals surface area contributed by atoms with Gasteiger partial charge in [-0.3, -0.25) is 18.6 Å². The molecule has 12 heteroatoms. The lowest BCUT2D eigenvalue weighted by Crippen LogP contribution is -2.43. The second kappa shape index (κ2) is 34.5. The molecule has 3 unspecified atom stereocenters. The number of carbonyl (C=O) groups is 3. The maximum atomic E-state index is 12.3. The van der Waals surface area contributed by atoms with E-state index in [-0.39, 0.29) is 12.8 Å². The average molecular weight is 742 g/mol. The Kier molecular flexibility index (Phi) is 32.8. The summed E-state index contributed by atoms with van der Waals surface area (Å²) in [6, 6.07) is -1.56. The van der Waals surface area contributed by atoms with Crippen LogP contribution < -0.4 is 5.32 Å². The number of nitrogens with one attached hydrogen (secondary N) is 1. The molecule has 0 saturated carbocycles. The van der Waals surface area contributed by atoms with Crippen molar-refractivity contribution in [2.45, 2.75) is 161 Å². The van der Waals surface area contributed by atoms with Gasteiger partial charge < -0.3 is 25.2 Å². The van der Waals surface area contributed by atoms with Gasteiger partial charge >= 0.3 is 19.8 Å². The van der Waals surface area contributed by atoms with Gasteiger partial charge in [-0.1, -0.05) is 114 Å². The molecule has 0 fully saturated rings. The number of aliphatic hydroxyl groups is 1. The second-order valence-corrected chi connectivity index (χ2v) is 14.2. The fourth-order valence-corrected chi connectivity index (χ4v) is 5.62. The second-order valence-electron chi connectivity index (χ2n) is 12.7. The molecule has 0 radical (unpaired) electrons. The van der Waals surface area contributed by atoms with E-state index in [0.29, 0.717) is 12.8 Å². The van der Waals surface area contributed by atoms with Crippen LogP contribution in [0.2, 0.25) is 0 Å². The number of amides is 1. The van der Waals surface area contributed by atoms with Crippen molar-refractivity contribution in [1.82, 2.24) is 5.32 Å². The Morgan fingerprint density at radius 2 is 1.14 bits per heavy atom. The molecule has 4 N–H and O–H groups in total. The van der Waals surface area contributed by atoms with Crippen molar-refractivity contribution in [2.75, 3.05) is 19.8 Å². The van der Waals surface area contributed by atoms with Crippen molar-refractivity contribution in [1.29, 1.82) is 0 Å². The number of allylic oxidation sites excluding steroid dienone is 8. The van der Waals surface area contributed by atoms with Crippen LogP contribution in [0.3, 0.4) is 0 Å². The van der Waals surface area contributed by atoms with Gasteiger partial charge in [-0.05, 0) is 70.6 Å². The van der Waals surface area contributed by atoms with Gasteiger partial charge in [0.25, 0.3) is 0 Å². The molecular weight excluding hydrogens is 673 g/mol. The summed E-state index contributed by atoms with van der Waals surface area (Å²) >= 11 is 0. The molecule has 3 atom stereocenters. The molecule has 0 aliphatic carbocycles. The Morgan fingerprint density at radius 3 is 1.73 bits per heavy atom. The molecule has 0 heterocycles. The standard InChI is InChI=1S/C39H68NO10P/c1-3-5-7-9-11-13-15-17-18-19-20-22-24-26-28-30-37(42)40-36(39(44)45)34-50-51(46,47)49-33-35(41)32-48-38(43)31-29-27-25-23-21-16-14-12-10-8-6-4-2/h5,7,11-14,17-18,35-36,41H,3-4,6,8-10,15-16,19-34H2,1-2H3,(H,40,42)(H,44,45)(H,46,47)/b7-5-,13-11-,14-12-,18-17-. The lowest BCUT2D eigenvalue weighted by Gasteiger charge is -2.18. The minimum Gasteiger partial charge on any atom is -0.480 e. The summed E-state index contributed by atoms with van der Waals surface area (Å²) in [7, 11) is -4.76. The molecule has 0 aromatic heterocycles. The summed E-state index contributed by atoms with van der Waals surface area (Å²) in [5.41, 5.74) is 0. The number of aliphatic hydroxyl groups excluding tert-OH is 1. The van der Waals surface area contributed by atoms with Gasteiger partial charge in [0.2, 0.25) is 5.91 Å². The summed E-state index contributed by atoms with van der Waals surface area (Å²) in [5, 5.41) is 21.7. The number of rotatable bonds is 35. The Morgan fingerprint density at radius 1 is 0.647 bits per heavy atom. The first-order valence-electron chi connectivity index (χ1n) is 19.2. The zero-order valence-electron chi connectivity index (χ0n) is 31.4. The highest BCUT2D eigenvalue weighted by atomic mass is 31.2. The Bertz CT molecular complexity index is 1060. The van der Waals surface area contributed by atoms with E-state index in [1.807, 2.05) is 0 Å². The molecule has 0 aliphatic heterocycles. The van der Waals surface area contributed by atoms with Crippen molar-refractivity contribution in [3.05, 3.63) is 48.6 Å². The molecule has 0 bridgehead atoms. The van der Waals surface area contributed by atoms with E-state index in [1.165, 1.54) is 19.3 Å². The topological polar surface area (TPSA) is 169 Å². The van der Waals surface area contributed by atoms with E-state index in [0.717, 1.165) is 89.9 Å². The zero-order chi connectivity index (χ0) is 37.8. The monoisotopic (exact) mass is 741 g/mol. The molecule has 0 rings (SSSR count). The van der Waals surface area contributed by atoms with Gasteiger partial charge in [0.15, 0.2) is 6.04 Å². The maximum absolute atomic E-state index is 12.3. The van der Waals surface area contributed by atoms with Crippen molar-refractivity contribution in [2.24, 2.45) is 0 Å². The largest absolute Gasteiger partial charge is 0.480 e. The Labute approximate surface area is 307 Å². The van der Waals surface area contributed by atoms with Crippen LogP contribution in [0.15, 0.2) is 48.6 Å². The van der Waals surface area contributed by atoms with E-state index in [2.05, 4.69) is 67.8 Å². The van der Waals surface area contributed by atoms with Gasteiger partial charge in [-0.15, -0.1) is 0 Å². The van der Waals surface area contributed by atoms with Crippen molar-refractivity contribution >= 4 is 25.7 Å². The number of hydrogen-bond donors (Lipinski definition) is 4. The van der Waals surface area contributed by atoms with Crippen LogP contribution in [0.25, 0.3) is 0 Å². The Balaban J connectivity index is 4.01. The van der Waals surface area contributed by atoms with Gasteiger partial charge in [-0.25, -0.2) is 9.36 Å². The van der Waals surface area contributed by atoms with Crippen LogP contribution in [-0.4, -0.2) is 64.9 Å². The number of carboxylic acid groups (broad SMARTS) is 1. The third kappa shape index (κ3) is 34.3. The minimum absolute atomic E-state index is 0.124. The summed E-state index contributed by atoms with van der Waals surface area (Å²) in [5.74, 6) is -2.41. The zero-order valence-corrected chi connectivity index (χ0v) is 32.3. The van der Waals surface area contributed by atoms with Gasteiger partial charge in [0, 0.05) is 12.8 Å². The van der Waals surface area contributed by atoms with Gasteiger partial charge in [-0.2, -0.15) is 0 Å². The van der Waals surface area contributed by atoms with Crippen LogP contribution in [0.1, 0.15) is 149 Å². The number of phosphoric acid groups is 1. The molecule has 294 valence electrons. The van der Waals surface area contributed by atoms with Crippen molar-refractivity contribution in [3.8, 4) is 0 Å². The molecule has 0 spiro atoms. The fraction of sp³-hybridized carbons (Fsp3) is 0.718. The predicted molar refractivity (Wildman–Crippen MR) is 203 cm³/mol. The number of unbranched alkanes of at least 4 members (excludes halogenated alkanes) is 13. The molecule has 11 nitrogen and oxygen atoms in total. The third-order valence-corrected chi connectivity index (χ3v) is 8.80. The first-order chi connectivity index (χ1) is 24.6. The van der Waals surface area contributed by atoms with Crippen LogP contribution in [0.5, 0.6) is 0 Å². The minimum atomic E-state index is -4.76. The van der Waals surface area contributed by atoms with Gasteiger partial charge in [0.1, 0.15) is 12.7 Å². The van der Waals surface area contributed by atoms with Crippen LogP contribution in [-0.2, 0) is 32.7 Å². The van der Waals surface area contributed by atoms with E-state index >= 15 is 0 Å². The predicted octanol–water partition coefficient (Wildman–Crippen LogP) is 9.05. The smallest absolute Gasteiger partial charge is 0.472 e. The van der Waals surface area contributed by atoms with Crippen LogP contribution in [0, 0.1) is 0 Å². The lowest BCUT2D eigenvalue weighted by atomic mass is 10.1. The maximum Gasteiger partial charge on any atom is 0.472 e. The lowest BCUT2D eigenvalue weighted by molar-refractivity contribution is -0.147. The molecule has 51 heavy (non-hydrogen) atoms. The van der Waals surface area contributed by atoms with E-state index in [1.54, 1.807) is 0 Å². The highest BCUT2D eigenvalue weighted by molar-refractivity contribution is 7.47. The summed E-state index contributed by atoms with van der Waals surface area (Å²) in [6.45, 7) is 2.40. The highest BCUT2D eigenvalue weighted by Gasteiger charge is 2.28. The van der Waals surface area contributed by atoms with E-state index < -0.39 is 57.6 Å². The number of esters is 1. The van der Waals surface area contributed by atoms with E-state index in [4.69, 9.17) is 13.8 Å². The first-order valence-corrected chi connectivity index (χ1v) is 20.7. The van der Waals surface area contributed by atoms with E-state index in [9.17, 15) is 34.1 Å². The van der Waals surface area contributed by atoms with Crippen molar-refractivity contribution in [3.63, 3.8) is 0 Å². The third-order valence-electron chi connectivity index (χ3n) is 7.85. The number of carboxylic acids is 1. The Hall–Kier alpha value is -2.56. The van der Waals surface area contributed by atoms with Crippen LogP contribution >= 0.6 is 7.82 Å². The number of aliphatic carboxylic acids is 1. The van der Waals surface area contributed by atoms with Crippen LogP contribution in [0.4, 0.5) is 0 Å². The SMILES string of the molecule is CC/C=C\C/C=C\C/C=C\CCCCCCCC(=O)NC(COP(=O)(O)OCC(O)COC(=O)CCCCCCC/C=C\CCCCC)C(=O)O. The molecular formula is C39H68NO10P. The normalized spacial score (nSPS) is 14.4. The molecule has 0 aliphatic rings. The number of phosphoric ester groups is 1. The highest BCUT2D eigenvalue weighted by Crippen LogP contribution is 2.43. The fourth-order valence-electron chi connectivity index (χ4n) is 4.85. The summed E-state index contributed by atoms with van der Waals surface area (Å²) < 4.78 is 26.7. The van der Waals surface area contributed by atoms with Crippen molar-refractivity contribution < 1.29 is 47.8 Å². The number of hydrogen-bond acceptors (Lipinski definition) is 8. The van der Waals surface area contributed by atoms with Gasteiger partial charge in [0.05, 0.1) is 13.2 Å². The molecule has 0 aromatic rings. The summed E-state index contributed by atoms with van der Waals surface area (Å²) in [4.78, 5) is 45.7. The average Bonchev–Trinajstić information content (AvgIpc) is 3.10. The molecule has 1 amide bonds.